The van der Waals surface area contributed by atoms with Gasteiger partial charge >= 0.3 is 12.1 Å². The van der Waals surface area contributed by atoms with Crippen molar-refractivity contribution in [1.82, 2.24) is 10.2 Å². The Balaban J connectivity index is 1.37. The second-order valence-corrected chi connectivity index (χ2v) is 12.0. The molecule has 0 saturated carbocycles. The lowest BCUT2D eigenvalue weighted by Crippen LogP contribution is -2.57. The highest BCUT2D eigenvalue weighted by Gasteiger charge is 2.42. The smallest absolute Gasteiger partial charge is 0.408 e. The molecule has 3 aromatic rings. The molecular formula is C33H34FN3O8. The number of benzene rings is 3. The van der Waals surface area contributed by atoms with E-state index in [4.69, 9.17) is 14.2 Å². The molecule has 3 aromatic carbocycles. The number of carbonyl (C=O) groups is 3. The highest BCUT2D eigenvalue weighted by atomic mass is 19.1. The highest BCUT2D eigenvalue weighted by Crippen LogP contribution is 2.36. The van der Waals surface area contributed by atoms with E-state index >= 15 is 0 Å². The number of halogens is 1. The van der Waals surface area contributed by atoms with E-state index in [0.29, 0.717) is 13.0 Å². The van der Waals surface area contributed by atoms with Crippen LogP contribution in [-0.4, -0.2) is 64.8 Å². The molecule has 0 bridgehead atoms. The van der Waals surface area contributed by atoms with Gasteiger partial charge in [-0.2, -0.15) is 0 Å². The number of nitrogens with one attached hydrogen (secondary N) is 1. The predicted octanol–water partition coefficient (Wildman–Crippen LogP) is 5.12. The minimum atomic E-state index is -0.993. The van der Waals surface area contributed by atoms with Crippen LogP contribution in [0.4, 0.5) is 14.9 Å². The summed E-state index contributed by atoms with van der Waals surface area (Å²) in [4.78, 5) is 52.0. The van der Waals surface area contributed by atoms with E-state index in [1.807, 2.05) is 24.3 Å². The average Bonchev–Trinajstić information content (AvgIpc) is 3.00. The average molecular weight is 620 g/mol. The summed E-state index contributed by atoms with van der Waals surface area (Å²) in [6.45, 7) is 5.30. The van der Waals surface area contributed by atoms with E-state index in [9.17, 15) is 28.9 Å². The summed E-state index contributed by atoms with van der Waals surface area (Å²) < 4.78 is 30.9. The normalized spacial score (nSPS) is 21.3. The zero-order chi connectivity index (χ0) is 32.3. The third-order valence-corrected chi connectivity index (χ3v) is 7.68. The molecular weight excluding hydrogens is 585 g/mol. The number of hydrogen-bond acceptors (Lipinski definition) is 8. The Bertz CT molecular complexity index is 1570. The van der Waals surface area contributed by atoms with E-state index in [2.05, 4.69) is 5.32 Å². The van der Waals surface area contributed by atoms with Gasteiger partial charge in [-0.15, -0.1) is 0 Å². The van der Waals surface area contributed by atoms with Gasteiger partial charge in [0.25, 0.3) is 11.6 Å². The fourth-order valence-electron chi connectivity index (χ4n) is 5.59. The zero-order valence-corrected chi connectivity index (χ0v) is 25.1. The van der Waals surface area contributed by atoms with Crippen LogP contribution in [0.2, 0.25) is 0 Å². The van der Waals surface area contributed by atoms with Crippen molar-refractivity contribution in [2.24, 2.45) is 0 Å². The molecule has 0 radical (unpaired) electrons. The van der Waals surface area contributed by atoms with Crippen LogP contribution in [0.5, 0.6) is 0 Å². The molecule has 2 amide bonds. The first-order chi connectivity index (χ1) is 21.4. The minimum Gasteiger partial charge on any atom is -0.454 e. The van der Waals surface area contributed by atoms with Gasteiger partial charge in [0.2, 0.25) is 0 Å². The van der Waals surface area contributed by atoms with Crippen molar-refractivity contribution in [1.29, 1.82) is 0 Å². The number of nitrogens with zero attached hydrogens (tertiary/aromatic N) is 2. The zero-order valence-electron chi connectivity index (χ0n) is 25.1. The Kier molecular flexibility index (Phi) is 9.14. The van der Waals surface area contributed by atoms with E-state index in [-0.39, 0.29) is 36.0 Å². The molecule has 5 rings (SSSR count). The number of alkyl carbamates (subject to hydrolysis) is 1. The van der Waals surface area contributed by atoms with Gasteiger partial charge in [-0.1, -0.05) is 36.4 Å². The fraction of sp³-hybridized carbons (Fsp3) is 0.364. The maximum atomic E-state index is 14.1. The molecule has 4 atom stereocenters. The summed E-state index contributed by atoms with van der Waals surface area (Å²) in [6, 6.07) is 17.4. The number of non-ortho nitro benzene ring substituents is 1. The molecule has 1 saturated heterocycles. The Labute approximate surface area is 259 Å². The molecule has 0 unspecified atom stereocenters. The van der Waals surface area contributed by atoms with Gasteiger partial charge in [0.15, 0.2) is 0 Å². The number of rotatable bonds is 6. The molecule has 1 N–H and O–H groups in total. The quantitative estimate of drug-likeness (QED) is 0.228. The number of hydrogen-bond donors (Lipinski definition) is 1. The van der Waals surface area contributed by atoms with Crippen molar-refractivity contribution < 1.29 is 37.9 Å². The summed E-state index contributed by atoms with van der Waals surface area (Å²) in [5.41, 5.74) is 1.84. The maximum absolute atomic E-state index is 14.1. The van der Waals surface area contributed by atoms with Gasteiger partial charge in [0, 0.05) is 25.1 Å². The largest absolute Gasteiger partial charge is 0.454 e. The molecule has 0 aromatic heterocycles. The van der Waals surface area contributed by atoms with Gasteiger partial charge < -0.3 is 24.4 Å². The maximum Gasteiger partial charge on any atom is 0.408 e. The summed E-state index contributed by atoms with van der Waals surface area (Å²) in [6.07, 6.45) is -2.15. The molecule has 236 valence electrons. The van der Waals surface area contributed by atoms with Gasteiger partial charge in [0.1, 0.15) is 23.6 Å². The predicted molar refractivity (Wildman–Crippen MR) is 160 cm³/mol. The topological polar surface area (TPSA) is 137 Å². The first-order valence-electron chi connectivity index (χ1n) is 14.6. The number of nitro groups is 1. The second kappa shape index (κ2) is 13.0. The van der Waals surface area contributed by atoms with E-state index in [1.165, 1.54) is 36.4 Å². The number of esters is 1. The van der Waals surface area contributed by atoms with Crippen LogP contribution in [0.15, 0.2) is 72.8 Å². The van der Waals surface area contributed by atoms with Crippen LogP contribution in [0, 0.1) is 15.9 Å². The molecule has 0 spiro atoms. The molecule has 11 nitrogen and oxygen atoms in total. The van der Waals surface area contributed by atoms with E-state index in [0.717, 1.165) is 16.7 Å². The van der Waals surface area contributed by atoms with Crippen LogP contribution in [0.25, 0.3) is 0 Å². The summed E-state index contributed by atoms with van der Waals surface area (Å²) in [7, 11) is 0. The molecule has 2 heterocycles. The van der Waals surface area contributed by atoms with Crippen LogP contribution >= 0.6 is 0 Å². The van der Waals surface area contributed by atoms with Crippen molar-refractivity contribution in [3.63, 3.8) is 0 Å². The lowest BCUT2D eigenvalue weighted by atomic mass is 9.87. The van der Waals surface area contributed by atoms with Gasteiger partial charge in [0.05, 0.1) is 29.2 Å². The van der Waals surface area contributed by atoms with Crippen molar-refractivity contribution in [2.75, 3.05) is 13.2 Å². The van der Waals surface area contributed by atoms with Gasteiger partial charge in [-0.3, -0.25) is 14.9 Å². The third-order valence-electron chi connectivity index (χ3n) is 7.68. The Morgan fingerprint density at radius 2 is 1.71 bits per heavy atom. The summed E-state index contributed by atoms with van der Waals surface area (Å²) in [5, 5.41) is 13.7. The fourth-order valence-corrected chi connectivity index (χ4v) is 5.59. The lowest BCUT2D eigenvalue weighted by Gasteiger charge is -2.42. The number of nitro benzene ring substituents is 1. The van der Waals surface area contributed by atoms with E-state index in [1.54, 1.807) is 37.8 Å². The number of fused-ring (bicyclic) bond motifs is 1. The van der Waals surface area contributed by atoms with Crippen molar-refractivity contribution in [3.05, 3.63) is 111 Å². The van der Waals surface area contributed by atoms with Crippen molar-refractivity contribution in [2.45, 2.75) is 63.5 Å². The molecule has 45 heavy (non-hydrogen) atoms. The Morgan fingerprint density at radius 1 is 1.02 bits per heavy atom. The van der Waals surface area contributed by atoms with Crippen LogP contribution in [0.3, 0.4) is 0 Å². The molecule has 0 aliphatic carbocycles. The first-order valence-corrected chi connectivity index (χ1v) is 14.6. The van der Waals surface area contributed by atoms with Gasteiger partial charge in [-0.25, -0.2) is 14.0 Å². The third kappa shape index (κ3) is 7.46. The number of amides is 2. The Hall–Kier alpha value is -4.84. The molecule has 2 aliphatic rings. The number of carbonyl (C=O) groups excluding carboxylic acids is 3. The number of ether oxygens (including phenoxy) is 3. The van der Waals surface area contributed by atoms with Crippen molar-refractivity contribution in [3.8, 4) is 0 Å². The van der Waals surface area contributed by atoms with Crippen LogP contribution < -0.4 is 5.32 Å². The van der Waals surface area contributed by atoms with Crippen molar-refractivity contribution >= 4 is 23.7 Å². The monoisotopic (exact) mass is 619 g/mol. The van der Waals surface area contributed by atoms with Crippen LogP contribution in [-0.2, 0) is 25.4 Å². The van der Waals surface area contributed by atoms with Crippen LogP contribution in [0.1, 0.15) is 60.3 Å². The lowest BCUT2D eigenvalue weighted by molar-refractivity contribution is -0.384. The minimum absolute atomic E-state index is 0.0232. The molecule has 1 fully saturated rings. The standard InChI is InChI=1S/C33H34FN3O8/c1-33(2,3)45-32(40)35-26-18-27(43-19-28(26)44-31(39)22-10-14-24(15-11-22)37(41)42)30(38)36-17-16-20-6-4-5-7-25(20)29(36)21-8-12-23(34)13-9-21/h4-15,26-29H,16-19H2,1-3H3,(H,35,40)/t26-,27-,28-,29+/m1/s1. The second-order valence-electron chi connectivity index (χ2n) is 12.0. The SMILES string of the molecule is CC(C)(C)OC(=O)N[C@@H]1C[C@H](C(=O)N2CCc3ccccc3[C@@H]2c2ccc(F)cc2)OC[C@H]1OC(=O)c1ccc([N+](=O)[O-])cc1. The Morgan fingerprint density at radius 3 is 2.38 bits per heavy atom. The molecule has 2 aliphatic heterocycles. The summed E-state index contributed by atoms with van der Waals surface area (Å²) in [5.74, 6) is -1.49. The summed E-state index contributed by atoms with van der Waals surface area (Å²) >= 11 is 0. The first kappa shape index (κ1) is 31.6. The highest BCUT2D eigenvalue weighted by molar-refractivity contribution is 5.90. The van der Waals surface area contributed by atoms with Gasteiger partial charge in [-0.05, 0) is 68.1 Å². The molecule has 12 heteroatoms. The van der Waals surface area contributed by atoms with E-state index < -0.39 is 46.9 Å².